The second kappa shape index (κ2) is 8.05. The number of aliphatic hydroxyl groups is 1. The lowest BCUT2D eigenvalue weighted by Gasteiger charge is -2.40. The van der Waals surface area contributed by atoms with Crippen LogP contribution in [0.5, 0.6) is 5.75 Å². The third kappa shape index (κ3) is 3.98. The van der Waals surface area contributed by atoms with Crippen LogP contribution in [0.4, 0.5) is 4.39 Å². The summed E-state index contributed by atoms with van der Waals surface area (Å²) in [5, 5.41) is 14.1. The van der Waals surface area contributed by atoms with E-state index in [4.69, 9.17) is 10.5 Å². The van der Waals surface area contributed by atoms with Crippen LogP contribution < -0.4 is 15.8 Å². The van der Waals surface area contributed by atoms with Crippen molar-refractivity contribution in [2.24, 2.45) is 5.73 Å². The zero-order chi connectivity index (χ0) is 20.4. The molecule has 7 nitrogen and oxygen atoms in total. The summed E-state index contributed by atoms with van der Waals surface area (Å²) in [4.78, 5) is 26.3. The fraction of sp³-hybridized carbons (Fsp3) is 0.600. The molecule has 0 unspecified atom stereocenters. The normalized spacial score (nSPS) is 24.4. The number of hydrogen-bond acceptors (Lipinski definition) is 5. The van der Waals surface area contributed by atoms with Crippen molar-refractivity contribution >= 4 is 11.8 Å². The van der Waals surface area contributed by atoms with Gasteiger partial charge < -0.3 is 20.5 Å². The van der Waals surface area contributed by atoms with Gasteiger partial charge in [0.25, 0.3) is 5.91 Å². The van der Waals surface area contributed by atoms with E-state index in [1.54, 1.807) is 6.07 Å². The molecule has 8 heteroatoms. The number of primary amides is 1. The Balaban J connectivity index is 1.71. The van der Waals surface area contributed by atoms with Crippen LogP contribution in [0, 0.1) is 5.82 Å². The van der Waals surface area contributed by atoms with Gasteiger partial charge in [0.15, 0.2) is 5.60 Å². The molecule has 1 atom stereocenters. The molecule has 4 N–H and O–H groups in total. The second-order valence-electron chi connectivity index (χ2n) is 7.83. The van der Waals surface area contributed by atoms with Crippen molar-refractivity contribution in [3.05, 3.63) is 29.6 Å². The van der Waals surface area contributed by atoms with Gasteiger partial charge in [-0.15, -0.1) is 0 Å². The predicted octanol–water partition coefficient (Wildman–Crippen LogP) is 1.08. The molecular formula is C20H28FN3O4. The molecule has 0 spiro atoms. The van der Waals surface area contributed by atoms with Crippen molar-refractivity contribution in [3.63, 3.8) is 0 Å². The minimum absolute atomic E-state index is 0.0468. The van der Waals surface area contributed by atoms with Gasteiger partial charge in [0, 0.05) is 25.2 Å². The Morgan fingerprint density at radius 1 is 1.32 bits per heavy atom. The second-order valence-corrected chi connectivity index (χ2v) is 7.83. The van der Waals surface area contributed by atoms with E-state index >= 15 is 0 Å². The molecule has 1 heterocycles. The van der Waals surface area contributed by atoms with Crippen LogP contribution in [0.25, 0.3) is 0 Å². The molecule has 0 aromatic heterocycles. The molecule has 2 aliphatic rings. The van der Waals surface area contributed by atoms with Gasteiger partial charge >= 0.3 is 0 Å². The van der Waals surface area contributed by atoms with Gasteiger partial charge in [-0.3, -0.25) is 14.9 Å². The van der Waals surface area contributed by atoms with Crippen molar-refractivity contribution in [1.82, 2.24) is 10.2 Å². The van der Waals surface area contributed by atoms with E-state index in [-0.39, 0.29) is 19.5 Å². The Morgan fingerprint density at radius 2 is 2.04 bits per heavy atom. The predicted molar refractivity (Wildman–Crippen MR) is 101 cm³/mol. The van der Waals surface area contributed by atoms with E-state index in [9.17, 15) is 19.1 Å². The fourth-order valence-corrected chi connectivity index (χ4v) is 4.19. The first-order valence-corrected chi connectivity index (χ1v) is 9.69. The minimum Gasteiger partial charge on any atom is -0.497 e. The highest BCUT2D eigenvalue weighted by atomic mass is 19.1. The van der Waals surface area contributed by atoms with E-state index in [0.29, 0.717) is 37.1 Å². The van der Waals surface area contributed by atoms with Crippen LogP contribution in [-0.2, 0) is 16.1 Å². The Kier molecular flexibility index (Phi) is 5.90. The average molecular weight is 393 g/mol. The molecule has 154 valence electrons. The number of nitrogens with zero attached hydrogens (tertiary/aromatic N) is 1. The Labute approximate surface area is 164 Å². The lowest BCUT2D eigenvalue weighted by Crippen LogP contribution is -2.63. The van der Waals surface area contributed by atoms with E-state index in [0.717, 1.165) is 12.8 Å². The molecule has 1 saturated heterocycles. The first-order valence-electron chi connectivity index (χ1n) is 9.69. The molecule has 2 fully saturated rings. The maximum absolute atomic E-state index is 14.2. The Hall–Kier alpha value is -2.19. The van der Waals surface area contributed by atoms with E-state index in [1.165, 1.54) is 24.1 Å². The number of benzene rings is 1. The summed E-state index contributed by atoms with van der Waals surface area (Å²) in [6.07, 6.45) is 3.83. The fourth-order valence-electron chi connectivity index (χ4n) is 4.19. The number of halogens is 1. The van der Waals surface area contributed by atoms with Crippen LogP contribution in [0.2, 0.25) is 0 Å². The zero-order valence-electron chi connectivity index (χ0n) is 16.2. The number of methoxy groups -OCH3 is 1. The minimum atomic E-state index is -1.64. The molecule has 0 radical (unpaired) electrons. The molecule has 1 aromatic rings. The third-order valence-electron chi connectivity index (χ3n) is 5.97. The summed E-state index contributed by atoms with van der Waals surface area (Å²) < 4.78 is 19.3. The summed E-state index contributed by atoms with van der Waals surface area (Å²) >= 11 is 0. The van der Waals surface area contributed by atoms with Crippen molar-refractivity contribution in [3.8, 4) is 5.75 Å². The van der Waals surface area contributed by atoms with E-state index < -0.39 is 28.8 Å². The summed E-state index contributed by atoms with van der Waals surface area (Å²) in [5.74, 6) is -0.847. The van der Waals surface area contributed by atoms with Crippen molar-refractivity contribution in [2.75, 3.05) is 20.2 Å². The average Bonchev–Trinajstić information content (AvgIpc) is 3.16. The lowest BCUT2D eigenvalue weighted by atomic mass is 9.88. The maximum atomic E-state index is 14.2. The molecule has 28 heavy (non-hydrogen) atoms. The Bertz CT molecular complexity index is 751. The number of ether oxygens (including phenoxy) is 1. The number of β-amino-alcohol motifs (C(OH)–C–C–N with tert-alkyl or cyclic N) is 1. The van der Waals surface area contributed by atoms with Crippen LogP contribution >= 0.6 is 0 Å². The number of nitrogens with two attached hydrogens (primary N) is 1. The van der Waals surface area contributed by atoms with Crippen molar-refractivity contribution in [2.45, 2.75) is 56.2 Å². The van der Waals surface area contributed by atoms with E-state index in [1.807, 2.05) is 0 Å². The number of hydrogen-bond donors (Lipinski definition) is 3. The molecule has 1 aromatic carbocycles. The van der Waals surface area contributed by atoms with Gasteiger partial charge in [-0.2, -0.15) is 0 Å². The molecule has 1 saturated carbocycles. The highest BCUT2D eigenvalue weighted by Crippen LogP contribution is 2.31. The molecular weight excluding hydrogens is 365 g/mol. The number of carbonyl (C=O) groups excluding carboxylic acids is 2. The summed E-state index contributed by atoms with van der Waals surface area (Å²) in [5.41, 5.74) is 3.39. The van der Waals surface area contributed by atoms with Gasteiger partial charge in [-0.25, -0.2) is 4.39 Å². The van der Waals surface area contributed by atoms with Crippen molar-refractivity contribution in [1.29, 1.82) is 0 Å². The van der Waals surface area contributed by atoms with Crippen LogP contribution in [0.1, 0.15) is 44.1 Å². The quantitative estimate of drug-likeness (QED) is 0.643. The number of carbonyl (C=O) groups is 2. The monoisotopic (exact) mass is 393 g/mol. The van der Waals surface area contributed by atoms with Gasteiger partial charge in [0.2, 0.25) is 5.91 Å². The molecule has 3 rings (SSSR count). The number of likely N-dealkylation sites (tertiary alicyclic amines) is 1. The highest BCUT2D eigenvalue weighted by molar-refractivity contribution is 5.87. The summed E-state index contributed by atoms with van der Waals surface area (Å²) in [6, 6.07) is 4.37. The SMILES string of the molecule is COc1ccc(F)c(CN2CCC[C@](O)(CNC3(C(N)=O)CCCC3)C2=O)c1. The summed E-state index contributed by atoms with van der Waals surface area (Å²) in [6.45, 7) is 0.426. The van der Waals surface area contributed by atoms with E-state index in [2.05, 4.69) is 5.32 Å². The summed E-state index contributed by atoms with van der Waals surface area (Å²) in [7, 11) is 1.49. The van der Waals surface area contributed by atoms with Gasteiger partial charge in [0.05, 0.1) is 12.6 Å². The first-order chi connectivity index (χ1) is 13.3. The topological polar surface area (TPSA) is 105 Å². The smallest absolute Gasteiger partial charge is 0.256 e. The van der Waals surface area contributed by atoms with Gasteiger partial charge in [-0.1, -0.05) is 12.8 Å². The van der Waals surface area contributed by atoms with Crippen LogP contribution in [0.15, 0.2) is 18.2 Å². The van der Waals surface area contributed by atoms with Gasteiger partial charge in [-0.05, 0) is 43.9 Å². The maximum Gasteiger partial charge on any atom is 0.256 e. The van der Waals surface area contributed by atoms with Gasteiger partial charge in [0.1, 0.15) is 11.6 Å². The Morgan fingerprint density at radius 3 is 2.68 bits per heavy atom. The molecule has 0 bridgehead atoms. The first kappa shape index (κ1) is 20.5. The lowest BCUT2D eigenvalue weighted by molar-refractivity contribution is -0.158. The number of amides is 2. The van der Waals surface area contributed by atoms with Crippen molar-refractivity contribution < 1.29 is 23.8 Å². The number of nitrogens with one attached hydrogen (secondary N) is 1. The third-order valence-corrected chi connectivity index (χ3v) is 5.97. The van der Waals surface area contributed by atoms with Crippen LogP contribution in [-0.4, -0.2) is 53.2 Å². The largest absolute Gasteiger partial charge is 0.497 e. The van der Waals surface area contributed by atoms with Crippen LogP contribution in [0.3, 0.4) is 0 Å². The molecule has 1 aliphatic carbocycles. The molecule has 2 amide bonds. The molecule has 1 aliphatic heterocycles. The highest BCUT2D eigenvalue weighted by Gasteiger charge is 2.46. The zero-order valence-corrected chi connectivity index (χ0v) is 16.2. The standard InChI is InChI=1S/C20H28FN3O4/c1-28-15-5-6-16(21)14(11-15)12-24-10-4-9-20(27,18(24)26)13-23-19(17(22)25)7-2-3-8-19/h5-6,11,23,27H,2-4,7-10,12-13H2,1H3,(H2,22,25)/t20-/m0/s1. The number of piperidine rings is 1. The number of rotatable bonds is 7.